The molecule has 1 saturated heterocycles. The molecular weight excluding hydrogens is 243 g/mol. The maximum absolute atomic E-state index is 13.9. The summed E-state index contributed by atoms with van der Waals surface area (Å²) >= 11 is 0. The van der Waals surface area contributed by atoms with Crippen molar-refractivity contribution >= 4 is 11.6 Å². The summed E-state index contributed by atoms with van der Waals surface area (Å²) < 4.78 is 13.9. The Bertz CT molecular complexity index is 501. The summed E-state index contributed by atoms with van der Waals surface area (Å²) in [4.78, 5) is 15.9. The van der Waals surface area contributed by atoms with Gasteiger partial charge in [-0.05, 0) is 31.5 Å². The highest BCUT2D eigenvalue weighted by atomic mass is 19.1. The van der Waals surface area contributed by atoms with Gasteiger partial charge >= 0.3 is 0 Å². The van der Waals surface area contributed by atoms with Crippen LogP contribution in [-0.4, -0.2) is 36.5 Å². The molecule has 1 aromatic carbocycles. The van der Waals surface area contributed by atoms with E-state index in [4.69, 9.17) is 0 Å². The van der Waals surface area contributed by atoms with E-state index in [9.17, 15) is 9.18 Å². The summed E-state index contributed by atoms with van der Waals surface area (Å²) in [5.74, 6) is -0.402. The molecule has 2 rings (SSSR count). The summed E-state index contributed by atoms with van der Waals surface area (Å²) in [6, 6.07) is 4.61. The Kier molecular flexibility index (Phi) is 4.00. The molecule has 1 atom stereocenters. The third-order valence-electron chi connectivity index (χ3n) is 3.54. The minimum absolute atomic E-state index is 0.0578. The minimum Gasteiger partial charge on any atom is -0.307 e. The summed E-state index contributed by atoms with van der Waals surface area (Å²) in [6.07, 6.45) is 1.78. The summed E-state index contributed by atoms with van der Waals surface area (Å²) in [5.41, 5.74) is 1.33. The molecule has 0 aromatic heterocycles. The second-order valence-corrected chi connectivity index (χ2v) is 4.90. The van der Waals surface area contributed by atoms with Crippen molar-refractivity contribution in [3.8, 4) is 0 Å². The van der Waals surface area contributed by atoms with Gasteiger partial charge in [0.2, 0.25) is 5.91 Å². The topological polar surface area (TPSA) is 23.6 Å². The monoisotopic (exact) mass is 262 g/mol. The third-order valence-corrected chi connectivity index (χ3v) is 3.54. The lowest BCUT2D eigenvalue weighted by Crippen LogP contribution is -2.56. The number of aryl methyl sites for hydroxylation is 1. The lowest BCUT2D eigenvalue weighted by atomic mass is 10.1. The number of anilines is 1. The van der Waals surface area contributed by atoms with Crippen molar-refractivity contribution in [1.29, 1.82) is 0 Å². The van der Waals surface area contributed by atoms with Crippen LogP contribution in [0.4, 0.5) is 10.1 Å². The molecule has 102 valence electrons. The van der Waals surface area contributed by atoms with Crippen molar-refractivity contribution in [1.82, 2.24) is 4.90 Å². The average molecular weight is 262 g/mol. The van der Waals surface area contributed by atoms with Crippen molar-refractivity contribution in [2.75, 3.05) is 24.5 Å². The van der Waals surface area contributed by atoms with Gasteiger partial charge < -0.3 is 4.90 Å². The number of benzene rings is 1. The Morgan fingerprint density at radius 1 is 1.47 bits per heavy atom. The maximum Gasteiger partial charge on any atom is 0.244 e. The van der Waals surface area contributed by atoms with E-state index in [1.807, 2.05) is 18.7 Å². The van der Waals surface area contributed by atoms with Crippen LogP contribution < -0.4 is 4.90 Å². The quantitative estimate of drug-likeness (QED) is 0.781. The first-order valence-electron chi connectivity index (χ1n) is 6.47. The molecule has 0 aliphatic carbocycles. The Morgan fingerprint density at radius 3 is 2.89 bits per heavy atom. The molecule has 0 saturated carbocycles. The van der Waals surface area contributed by atoms with Crippen LogP contribution in [0, 0.1) is 12.7 Å². The van der Waals surface area contributed by atoms with Gasteiger partial charge in [0.15, 0.2) is 0 Å². The van der Waals surface area contributed by atoms with Crippen molar-refractivity contribution in [2.24, 2.45) is 0 Å². The van der Waals surface area contributed by atoms with Crippen LogP contribution >= 0.6 is 0 Å². The molecule has 1 aromatic rings. The van der Waals surface area contributed by atoms with E-state index in [0.717, 1.165) is 12.1 Å². The van der Waals surface area contributed by atoms with Gasteiger partial charge in [0, 0.05) is 19.6 Å². The van der Waals surface area contributed by atoms with E-state index in [2.05, 4.69) is 6.58 Å². The molecule has 4 heteroatoms. The van der Waals surface area contributed by atoms with E-state index < -0.39 is 0 Å². The van der Waals surface area contributed by atoms with Crippen LogP contribution in [0.2, 0.25) is 0 Å². The molecule has 0 N–H and O–H groups in total. The van der Waals surface area contributed by atoms with E-state index in [1.165, 1.54) is 6.07 Å². The van der Waals surface area contributed by atoms with Crippen molar-refractivity contribution < 1.29 is 9.18 Å². The van der Waals surface area contributed by atoms with E-state index in [1.54, 1.807) is 23.1 Å². The van der Waals surface area contributed by atoms with E-state index in [-0.39, 0.29) is 17.8 Å². The van der Waals surface area contributed by atoms with E-state index >= 15 is 0 Å². The van der Waals surface area contributed by atoms with Gasteiger partial charge in [-0.15, -0.1) is 6.58 Å². The number of piperazine rings is 1. The minimum atomic E-state index is -0.344. The normalized spacial score (nSPS) is 20.7. The Balaban J connectivity index is 2.25. The molecule has 3 nitrogen and oxygen atoms in total. The maximum atomic E-state index is 13.9. The van der Waals surface area contributed by atoms with E-state index in [0.29, 0.717) is 18.8 Å². The molecule has 0 radical (unpaired) electrons. The smallest absolute Gasteiger partial charge is 0.244 e. The van der Waals surface area contributed by atoms with Gasteiger partial charge in [-0.2, -0.15) is 0 Å². The first-order valence-corrected chi connectivity index (χ1v) is 6.47. The second-order valence-electron chi connectivity index (χ2n) is 4.90. The molecule has 19 heavy (non-hydrogen) atoms. The van der Waals surface area contributed by atoms with Crippen LogP contribution in [0.15, 0.2) is 30.9 Å². The molecule has 1 aliphatic rings. The number of hydrogen-bond acceptors (Lipinski definition) is 2. The number of carbonyl (C=O) groups is 1. The number of amides is 1. The van der Waals surface area contributed by atoms with Gasteiger partial charge in [-0.3, -0.25) is 9.69 Å². The fourth-order valence-electron chi connectivity index (χ4n) is 2.40. The first kappa shape index (κ1) is 13.7. The number of carbonyl (C=O) groups excluding carboxylic acids is 1. The van der Waals surface area contributed by atoms with Gasteiger partial charge in [-0.1, -0.05) is 12.1 Å². The molecule has 1 unspecified atom stereocenters. The fourth-order valence-corrected chi connectivity index (χ4v) is 2.40. The van der Waals surface area contributed by atoms with Crippen molar-refractivity contribution in [3.05, 3.63) is 42.2 Å². The highest BCUT2D eigenvalue weighted by molar-refractivity contribution is 5.97. The third kappa shape index (κ3) is 2.68. The SMILES string of the molecule is C=CCN1CCN(c2cc(C)ccc2F)C(=O)C1C. The molecule has 1 heterocycles. The summed E-state index contributed by atoms with van der Waals surface area (Å²) in [6.45, 7) is 9.35. The van der Waals surface area contributed by atoms with Gasteiger partial charge in [-0.25, -0.2) is 4.39 Å². The average Bonchev–Trinajstić information content (AvgIpc) is 2.39. The van der Waals surface area contributed by atoms with Crippen LogP contribution in [-0.2, 0) is 4.79 Å². The van der Waals surface area contributed by atoms with Gasteiger partial charge in [0.25, 0.3) is 0 Å². The zero-order valence-electron chi connectivity index (χ0n) is 11.4. The van der Waals surface area contributed by atoms with Crippen molar-refractivity contribution in [3.63, 3.8) is 0 Å². The number of halogens is 1. The lowest BCUT2D eigenvalue weighted by molar-refractivity contribution is -0.125. The number of hydrogen-bond donors (Lipinski definition) is 0. The van der Waals surface area contributed by atoms with Crippen LogP contribution in [0.3, 0.4) is 0 Å². The number of rotatable bonds is 3. The second kappa shape index (κ2) is 5.53. The molecule has 0 spiro atoms. The predicted octanol–water partition coefficient (Wildman–Crippen LogP) is 2.36. The molecule has 1 fully saturated rings. The molecule has 0 bridgehead atoms. The van der Waals surface area contributed by atoms with Gasteiger partial charge in [0.05, 0.1) is 11.7 Å². The zero-order valence-corrected chi connectivity index (χ0v) is 11.4. The van der Waals surface area contributed by atoms with Crippen LogP contribution in [0.1, 0.15) is 12.5 Å². The Labute approximate surface area is 113 Å². The predicted molar refractivity (Wildman–Crippen MR) is 74.7 cm³/mol. The Hall–Kier alpha value is -1.68. The lowest BCUT2D eigenvalue weighted by Gasteiger charge is -2.38. The molecule has 1 aliphatic heterocycles. The van der Waals surface area contributed by atoms with Gasteiger partial charge in [0.1, 0.15) is 5.82 Å². The summed E-state index contributed by atoms with van der Waals surface area (Å²) in [7, 11) is 0. The largest absolute Gasteiger partial charge is 0.307 e. The van der Waals surface area contributed by atoms with Crippen LogP contribution in [0.5, 0.6) is 0 Å². The number of nitrogens with zero attached hydrogens (tertiary/aromatic N) is 2. The molecule has 1 amide bonds. The zero-order chi connectivity index (χ0) is 14.0. The fraction of sp³-hybridized carbons (Fsp3) is 0.400. The Morgan fingerprint density at radius 2 is 2.21 bits per heavy atom. The van der Waals surface area contributed by atoms with Crippen molar-refractivity contribution in [2.45, 2.75) is 19.9 Å². The summed E-state index contributed by atoms with van der Waals surface area (Å²) in [5, 5.41) is 0. The highest BCUT2D eigenvalue weighted by Crippen LogP contribution is 2.24. The molecular formula is C15H19FN2O. The van der Waals surface area contributed by atoms with Crippen LogP contribution in [0.25, 0.3) is 0 Å². The standard InChI is InChI=1S/C15H19FN2O/c1-4-7-17-8-9-18(15(19)12(17)3)14-10-11(2)5-6-13(14)16/h4-6,10,12H,1,7-9H2,2-3H3. The first-order chi connectivity index (χ1) is 9.04. The highest BCUT2D eigenvalue weighted by Gasteiger charge is 2.32.